The Bertz CT molecular complexity index is 1150. The normalized spacial score (nSPS) is 12.0. The number of benzene rings is 1. The van der Waals surface area contributed by atoms with Crippen molar-refractivity contribution < 1.29 is 27.5 Å². The van der Waals surface area contributed by atoms with Gasteiger partial charge in [0.15, 0.2) is 0 Å². The molecule has 0 radical (unpaired) electrons. The van der Waals surface area contributed by atoms with Crippen LogP contribution in [0.25, 0.3) is 16.8 Å². The molecule has 6 nitrogen and oxygen atoms in total. The van der Waals surface area contributed by atoms with Crippen LogP contribution in [0.5, 0.6) is 5.75 Å². The largest absolute Gasteiger partial charge is 0.506 e. The van der Waals surface area contributed by atoms with Gasteiger partial charge in [-0.05, 0) is 32.0 Å². The molecule has 2 aromatic heterocycles. The first-order valence-corrected chi connectivity index (χ1v) is 8.58. The number of carbonyl (C=O) groups is 1. The summed E-state index contributed by atoms with van der Waals surface area (Å²) in [7, 11) is 0. The Morgan fingerprint density at radius 3 is 2.52 bits per heavy atom. The van der Waals surface area contributed by atoms with E-state index in [4.69, 9.17) is 0 Å². The van der Waals surface area contributed by atoms with Crippen LogP contribution in [0.2, 0.25) is 0 Å². The van der Waals surface area contributed by atoms with Crippen molar-refractivity contribution in [2.45, 2.75) is 32.6 Å². The van der Waals surface area contributed by atoms with E-state index in [-0.39, 0.29) is 28.6 Å². The standard InChI is InChI=1S/C19H17F4N3O3/c1-10(2)24-17(28)9-26-16(8-25-7-12(27)6-15(25)18(26)29)11-3-4-14(20)13(5-11)19(21,22)23/h3-8,10,27H,9H2,1-2H3,(H,24,28). The number of aromatic nitrogens is 2. The highest BCUT2D eigenvalue weighted by molar-refractivity contribution is 5.77. The summed E-state index contributed by atoms with van der Waals surface area (Å²) in [6.07, 6.45) is -2.44. The third kappa shape index (κ3) is 4.10. The number of aromatic hydroxyl groups is 1. The molecular formula is C19H17F4N3O3. The second-order valence-electron chi connectivity index (χ2n) is 6.81. The Labute approximate surface area is 162 Å². The summed E-state index contributed by atoms with van der Waals surface area (Å²) < 4.78 is 55.3. The minimum atomic E-state index is -4.93. The van der Waals surface area contributed by atoms with Crippen LogP contribution in [-0.4, -0.2) is 26.0 Å². The Hall–Kier alpha value is -3.30. The molecule has 2 N–H and O–H groups in total. The molecule has 0 saturated heterocycles. The first kappa shape index (κ1) is 20.4. The fraction of sp³-hybridized carbons (Fsp3) is 0.263. The molecule has 0 saturated carbocycles. The van der Waals surface area contributed by atoms with Gasteiger partial charge in [0, 0.05) is 23.9 Å². The van der Waals surface area contributed by atoms with Gasteiger partial charge in [-0.25, -0.2) is 4.39 Å². The van der Waals surface area contributed by atoms with Crippen molar-refractivity contribution in [1.82, 2.24) is 14.3 Å². The third-order valence-corrected chi connectivity index (χ3v) is 4.17. The van der Waals surface area contributed by atoms with E-state index in [0.29, 0.717) is 12.1 Å². The molecule has 1 aromatic carbocycles. The van der Waals surface area contributed by atoms with Crippen molar-refractivity contribution in [2.75, 3.05) is 0 Å². The molecule has 2 heterocycles. The number of rotatable bonds is 4. The first-order valence-electron chi connectivity index (χ1n) is 8.58. The van der Waals surface area contributed by atoms with Crippen LogP contribution in [0, 0.1) is 5.82 Å². The predicted octanol–water partition coefficient (Wildman–Crippen LogP) is 3.16. The zero-order valence-corrected chi connectivity index (χ0v) is 15.4. The number of amides is 1. The highest BCUT2D eigenvalue weighted by Gasteiger charge is 2.34. The van der Waals surface area contributed by atoms with Gasteiger partial charge in [0.25, 0.3) is 5.56 Å². The topological polar surface area (TPSA) is 75.7 Å². The van der Waals surface area contributed by atoms with Crippen LogP contribution in [-0.2, 0) is 17.5 Å². The molecule has 3 aromatic rings. The van der Waals surface area contributed by atoms with Gasteiger partial charge >= 0.3 is 6.18 Å². The molecular weight excluding hydrogens is 394 g/mol. The van der Waals surface area contributed by atoms with Gasteiger partial charge in [-0.1, -0.05) is 0 Å². The van der Waals surface area contributed by atoms with E-state index in [1.807, 2.05) is 0 Å². The molecule has 0 aliphatic heterocycles. The highest BCUT2D eigenvalue weighted by atomic mass is 19.4. The summed E-state index contributed by atoms with van der Waals surface area (Å²) in [5.74, 6) is -2.21. The lowest BCUT2D eigenvalue weighted by molar-refractivity contribution is -0.140. The molecule has 0 unspecified atom stereocenters. The number of alkyl halides is 3. The maximum atomic E-state index is 13.7. The maximum Gasteiger partial charge on any atom is 0.419 e. The van der Waals surface area contributed by atoms with Crippen LogP contribution < -0.4 is 10.9 Å². The van der Waals surface area contributed by atoms with Gasteiger partial charge in [-0.15, -0.1) is 0 Å². The van der Waals surface area contributed by atoms with Crippen LogP contribution in [0.4, 0.5) is 17.6 Å². The fourth-order valence-corrected chi connectivity index (χ4v) is 2.99. The van der Waals surface area contributed by atoms with Crippen molar-refractivity contribution in [1.29, 1.82) is 0 Å². The summed E-state index contributed by atoms with van der Waals surface area (Å²) in [5, 5.41) is 12.3. The van der Waals surface area contributed by atoms with E-state index >= 15 is 0 Å². The van der Waals surface area contributed by atoms with Crippen molar-refractivity contribution in [3.63, 3.8) is 0 Å². The van der Waals surface area contributed by atoms with Crippen LogP contribution in [0.3, 0.4) is 0 Å². The lowest BCUT2D eigenvalue weighted by Crippen LogP contribution is -2.36. The number of hydrogen-bond donors (Lipinski definition) is 2. The molecule has 3 rings (SSSR count). The number of halogens is 4. The van der Waals surface area contributed by atoms with Gasteiger partial charge in [0.05, 0.1) is 17.5 Å². The van der Waals surface area contributed by atoms with Gasteiger partial charge in [0.1, 0.15) is 23.6 Å². The number of hydrogen-bond acceptors (Lipinski definition) is 3. The molecule has 10 heteroatoms. The summed E-state index contributed by atoms with van der Waals surface area (Å²) in [6, 6.07) is 3.28. The second kappa shape index (κ2) is 7.26. The van der Waals surface area contributed by atoms with Crippen molar-refractivity contribution in [3.8, 4) is 17.0 Å². The molecule has 0 fully saturated rings. The Kier molecular flexibility index (Phi) is 5.12. The zero-order chi connectivity index (χ0) is 21.5. The summed E-state index contributed by atoms with van der Waals surface area (Å²) in [4.78, 5) is 25.1. The third-order valence-electron chi connectivity index (χ3n) is 4.17. The first-order chi connectivity index (χ1) is 13.5. The predicted molar refractivity (Wildman–Crippen MR) is 97.0 cm³/mol. The Morgan fingerprint density at radius 1 is 1.21 bits per heavy atom. The lowest BCUT2D eigenvalue weighted by Gasteiger charge is -2.16. The lowest BCUT2D eigenvalue weighted by atomic mass is 10.1. The summed E-state index contributed by atoms with van der Waals surface area (Å²) in [5.41, 5.74) is -2.30. The number of fused-ring (bicyclic) bond motifs is 1. The van der Waals surface area contributed by atoms with E-state index in [2.05, 4.69) is 5.32 Å². The van der Waals surface area contributed by atoms with Crippen molar-refractivity contribution in [2.24, 2.45) is 0 Å². The van der Waals surface area contributed by atoms with Gasteiger partial charge in [0.2, 0.25) is 5.91 Å². The molecule has 29 heavy (non-hydrogen) atoms. The Balaban J connectivity index is 2.24. The number of carbonyl (C=O) groups excluding carboxylic acids is 1. The summed E-state index contributed by atoms with van der Waals surface area (Å²) in [6.45, 7) is 2.96. The molecule has 0 atom stereocenters. The average molecular weight is 411 g/mol. The molecule has 1 amide bonds. The zero-order valence-electron chi connectivity index (χ0n) is 15.4. The van der Waals surface area contributed by atoms with E-state index in [9.17, 15) is 32.3 Å². The van der Waals surface area contributed by atoms with E-state index in [1.165, 1.54) is 22.9 Å². The van der Waals surface area contributed by atoms with E-state index in [0.717, 1.165) is 10.6 Å². The monoisotopic (exact) mass is 411 g/mol. The molecule has 0 bridgehead atoms. The fourth-order valence-electron chi connectivity index (χ4n) is 2.99. The average Bonchev–Trinajstić information content (AvgIpc) is 2.97. The quantitative estimate of drug-likeness (QED) is 0.648. The number of nitrogens with zero attached hydrogens (tertiary/aromatic N) is 2. The van der Waals surface area contributed by atoms with Crippen LogP contribution >= 0.6 is 0 Å². The van der Waals surface area contributed by atoms with E-state index < -0.39 is 35.6 Å². The SMILES string of the molecule is CC(C)NC(=O)Cn1c(-c2ccc(F)c(C(F)(F)F)c2)cn2cc(O)cc2c1=O. The number of nitrogens with one attached hydrogen (secondary N) is 1. The van der Waals surface area contributed by atoms with E-state index in [1.54, 1.807) is 13.8 Å². The minimum absolute atomic E-state index is 0.0294. The molecule has 0 aliphatic carbocycles. The van der Waals surface area contributed by atoms with Crippen LogP contribution in [0.1, 0.15) is 19.4 Å². The molecule has 154 valence electrons. The van der Waals surface area contributed by atoms with Gasteiger partial charge in [-0.3, -0.25) is 14.2 Å². The summed E-state index contributed by atoms with van der Waals surface area (Å²) >= 11 is 0. The van der Waals surface area contributed by atoms with Gasteiger partial charge in [-0.2, -0.15) is 13.2 Å². The van der Waals surface area contributed by atoms with Crippen LogP contribution in [0.15, 0.2) is 41.5 Å². The highest BCUT2D eigenvalue weighted by Crippen LogP contribution is 2.34. The van der Waals surface area contributed by atoms with Crippen molar-refractivity contribution >= 4 is 11.4 Å². The van der Waals surface area contributed by atoms with Crippen molar-refractivity contribution in [3.05, 3.63) is 58.4 Å². The molecule has 0 aliphatic rings. The Morgan fingerprint density at radius 2 is 1.90 bits per heavy atom. The maximum absolute atomic E-state index is 13.7. The second-order valence-corrected chi connectivity index (χ2v) is 6.81. The molecule has 0 spiro atoms. The van der Waals surface area contributed by atoms with Gasteiger partial charge < -0.3 is 14.8 Å². The minimum Gasteiger partial charge on any atom is -0.506 e. The smallest absolute Gasteiger partial charge is 0.419 e.